The number of hydrogen-bond donors (Lipinski definition) is 1. The predicted molar refractivity (Wildman–Crippen MR) is 90.8 cm³/mol. The average molecular weight is 301 g/mol. The zero-order valence-electron chi connectivity index (χ0n) is 13.3. The van der Waals surface area contributed by atoms with Gasteiger partial charge in [-0.25, -0.2) is 0 Å². The number of anilines is 2. The highest BCUT2D eigenvalue weighted by atomic mass is 16.2. The molecule has 120 valence electrons. The molecule has 4 nitrogen and oxygen atoms in total. The Balaban J connectivity index is 1.54. The normalized spacial score (nSPS) is 20.7. The number of benzene rings is 1. The molecule has 0 unspecified atom stereocenters. The Hall–Kier alpha value is -1.71. The molecule has 3 rings (SSSR count). The molecule has 2 heterocycles. The van der Waals surface area contributed by atoms with Gasteiger partial charge in [-0.3, -0.25) is 4.79 Å². The van der Waals surface area contributed by atoms with Gasteiger partial charge in [0.2, 0.25) is 5.91 Å². The molecule has 0 bridgehead atoms. The van der Waals surface area contributed by atoms with Crippen molar-refractivity contribution in [2.75, 3.05) is 36.8 Å². The van der Waals surface area contributed by atoms with E-state index in [0.29, 0.717) is 5.91 Å². The van der Waals surface area contributed by atoms with Gasteiger partial charge in [-0.05, 0) is 49.9 Å². The molecule has 22 heavy (non-hydrogen) atoms. The second kappa shape index (κ2) is 7.03. The van der Waals surface area contributed by atoms with Crippen LogP contribution in [0.2, 0.25) is 0 Å². The third-order valence-corrected chi connectivity index (χ3v) is 5.02. The fraction of sp³-hybridized carbons (Fsp3) is 0.611. The molecular formula is C18H27N3O. The predicted octanol–water partition coefficient (Wildman–Crippen LogP) is 2.89. The van der Waals surface area contributed by atoms with Gasteiger partial charge < -0.3 is 15.5 Å². The molecule has 0 radical (unpaired) electrons. The molecule has 2 aliphatic heterocycles. The maximum absolute atomic E-state index is 12.7. The smallest absolute Gasteiger partial charge is 0.225 e. The summed E-state index contributed by atoms with van der Waals surface area (Å²) in [6.45, 7) is 3.87. The lowest BCUT2D eigenvalue weighted by atomic mass is 9.94. The molecule has 1 aromatic rings. The quantitative estimate of drug-likeness (QED) is 0.855. The van der Waals surface area contributed by atoms with Crippen molar-refractivity contribution < 1.29 is 4.79 Å². The fourth-order valence-electron chi connectivity index (χ4n) is 3.62. The monoisotopic (exact) mass is 301 g/mol. The summed E-state index contributed by atoms with van der Waals surface area (Å²) < 4.78 is 0. The van der Waals surface area contributed by atoms with Crippen molar-refractivity contribution >= 4 is 17.3 Å². The van der Waals surface area contributed by atoms with Crippen molar-refractivity contribution in [2.45, 2.75) is 38.5 Å². The van der Waals surface area contributed by atoms with Crippen molar-refractivity contribution in [3.8, 4) is 0 Å². The maximum Gasteiger partial charge on any atom is 0.225 e. The highest BCUT2D eigenvalue weighted by Crippen LogP contribution is 2.26. The Morgan fingerprint density at radius 2 is 1.50 bits per heavy atom. The van der Waals surface area contributed by atoms with Crippen LogP contribution in [0.5, 0.6) is 0 Å². The summed E-state index contributed by atoms with van der Waals surface area (Å²) in [5, 5.41) is 0. The summed E-state index contributed by atoms with van der Waals surface area (Å²) >= 11 is 0. The summed E-state index contributed by atoms with van der Waals surface area (Å²) in [4.78, 5) is 17.2. The van der Waals surface area contributed by atoms with E-state index in [9.17, 15) is 4.79 Å². The number of piperidine rings is 1. The summed E-state index contributed by atoms with van der Waals surface area (Å²) in [5.74, 6) is 0.627. The van der Waals surface area contributed by atoms with E-state index in [0.717, 1.165) is 44.7 Å². The van der Waals surface area contributed by atoms with Gasteiger partial charge in [0.05, 0.1) is 0 Å². The van der Waals surface area contributed by atoms with Crippen LogP contribution in [0.25, 0.3) is 0 Å². The van der Waals surface area contributed by atoms with Crippen LogP contribution < -0.4 is 10.6 Å². The molecule has 1 aromatic carbocycles. The Bertz CT molecular complexity index is 484. The second-order valence-electron chi connectivity index (χ2n) is 6.59. The Labute approximate surface area is 133 Å². The van der Waals surface area contributed by atoms with E-state index in [4.69, 9.17) is 5.73 Å². The van der Waals surface area contributed by atoms with Gasteiger partial charge in [0.25, 0.3) is 0 Å². The number of rotatable bonds is 2. The maximum atomic E-state index is 12.7. The summed E-state index contributed by atoms with van der Waals surface area (Å²) in [5.41, 5.74) is 7.76. The number of amides is 1. The third kappa shape index (κ3) is 3.54. The zero-order valence-corrected chi connectivity index (χ0v) is 13.3. The van der Waals surface area contributed by atoms with Crippen molar-refractivity contribution in [1.29, 1.82) is 0 Å². The molecule has 4 heteroatoms. The zero-order chi connectivity index (χ0) is 15.4. The molecular weight excluding hydrogens is 274 g/mol. The van der Waals surface area contributed by atoms with E-state index >= 15 is 0 Å². The first-order valence-electron chi connectivity index (χ1n) is 8.63. The highest BCUT2D eigenvalue weighted by molar-refractivity contribution is 5.79. The topological polar surface area (TPSA) is 49.6 Å². The Kier molecular flexibility index (Phi) is 4.86. The summed E-state index contributed by atoms with van der Waals surface area (Å²) in [6, 6.07) is 8.05. The van der Waals surface area contributed by atoms with Gasteiger partial charge >= 0.3 is 0 Å². The molecule has 0 aromatic heterocycles. The number of nitrogen functional groups attached to an aromatic ring is 1. The fourth-order valence-corrected chi connectivity index (χ4v) is 3.62. The first-order valence-corrected chi connectivity index (χ1v) is 8.63. The van der Waals surface area contributed by atoms with Crippen LogP contribution in [0.4, 0.5) is 11.4 Å². The van der Waals surface area contributed by atoms with Crippen molar-refractivity contribution in [3.05, 3.63) is 24.3 Å². The van der Waals surface area contributed by atoms with Crippen LogP contribution in [-0.4, -0.2) is 37.0 Å². The van der Waals surface area contributed by atoms with Crippen LogP contribution >= 0.6 is 0 Å². The number of carbonyl (C=O) groups is 1. The third-order valence-electron chi connectivity index (χ3n) is 5.02. The largest absolute Gasteiger partial charge is 0.399 e. The number of carbonyl (C=O) groups excluding carboxylic acids is 1. The molecule has 0 aliphatic carbocycles. The lowest BCUT2D eigenvalue weighted by Gasteiger charge is -2.35. The van der Waals surface area contributed by atoms with E-state index in [2.05, 4.69) is 21.9 Å². The van der Waals surface area contributed by atoms with E-state index in [1.54, 1.807) is 0 Å². The highest BCUT2D eigenvalue weighted by Gasteiger charge is 2.28. The van der Waals surface area contributed by atoms with E-state index in [1.807, 2.05) is 12.1 Å². The van der Waals surface area contributed by atoms with E-state index in [1.165, 1.54) is 31.4 Å². The van der Waals surface area contributed by atoms with Crippen molar-refractivity contribution in [3.63, 3.8) is 0 Å². The van der Waals surface area contributed by atoms with Crippen LogP contribution in [0.15, 0.2) is 24.3 Å². The van der Waals surface area contributed by atoms with Crippen LogP contribution in [0, 0.1) is 5.92 Å². The minimum absolute atomic E-state index is 0.225. The van der Waals surface area contributed by atoms with E-state index in [-0.39, 0.29) is 5.92 Å². The lowest BCUT2D eigenvalue weighted by Crippen LogP contribution is -2.43. The van der Waals surface area contributed by atoms with Crippen LogP contribution in [0.1, 0.15) is 38.5 Å². The van der Waals surface area contributed by atoms with E-state index < -0.39 is 0 Å². The Morgan fingerprint density at radius 3 is 2.09 bits per heavy atom. The summed E-state index contributed by atoms with van der Waals surface area (Å²) in [7, 11) is 0. The lowest BCUT2D eigenvalue weighted by molar-refractivity contribution is -0.136. The van der Waals surface area contributed by atoms with Gasteiger partial charge in [0, 0.05) is 43.5 Å². The first-order chi connectivity index (χ1) is 10.7. The minimum Gasteiger partial charge on any atom is -0.399 e. The van der Waals surface area contributed by atoms with Gasteiger partial charge in [-0.1, -0.05) is 12.8 Å². The molecule has 2 fully saturated rings. The molecule has 0 atom stereocenters. The van der Waals surface area contributed by atoms with Crippen LogP contribution in [0.3, 0.4) is 0 Å². The summed E-state index contributed by atoms with van der Waals surface area (Å²) in [6.07, 6.45) is 6.85. The molecule has 2 saturated heterocycles. The minimum atomic E-state index is 0.225. The second-order valence-corrected chi connectivity index (χ2v) is 6.59. The number of likely N-dealkylation sites (tertiary alicyclic amines) is 1. The van der Waals surface area contributed by atoms with Gasteiger partial charge in [-0.2, -0.15) is 0 Å². The standard InChI is InChI=1S/C18H27N3O/c19-16-5-7-17(8-6-16)20-13-9-15(10-14-20)18(22)21-11-3-1-2-4-12-21/h5-8,15H,1-4,9-14,19H2. The van der Waals surface area contributed by atoms with Crippen LogP contribution in [-0.2, 0) is 4.79 Å². The van der Waals surface area contributed by atoms with Gasteiger partial charge in [0.1, 0.15) is 0 Å². The SMILES string of the molecule is Nc1ccc(N2CCC(C(=O)N3CCCCCC3)CC2)cc1. The number of nitrogens with zero attached hydrogens (tertiary/aromatic N) is 2. The van der Waals surface area contributed by atoms with Crippen molar-refractivity contribution in [1.82, 2.24) is 4.90 Å². The molecule has 2 aliphatic rings. The molecule has 0 spiro atoms. The first kappa shape index (κ1) is 15.2. The van der Waals surface area contributed by atoms with Gasteiger partial charge in [0.15, 0.2) is 0 Å². The van der Waals surface area contributed by atoms with Gasteiger partial charge in [-0.15, -0.1) is 0 Å². The average Bonchev–Trinajstić information content (AvgIpc) is 2.84. The molecule has 0 saturated carbocycles. The number of nitrogens with two attached hydrogens (primary N) is 1. The van der Waals surface area contributed by atoms with Crippen molar-refractivity contribution in [2.24, 2.45) is 5.92 Å². The Morgan fingerprint density at radius 1 is 0.909 bits per heavy atom. The molecule has 1 amide bonds. The number of hydrogen-bond acceptors (Lipinski definition) is 3. The molecule has 2 N–H and O–H groups in total.